The third-order valence-electron chi connectivity index (χ3n) is 3.05. The van der Waals surface area contributed by atoms with Crippen molar-refractivity contribution in [3.63, 3.8) is 0 Å². The number of aliphatic hydroxyl groups is 1. The zero-order chi connectivity index (χ0) is 15.9. The third kappa shape index (κ3) is 3.74. The van der Waals surface area contributed by atoms with E-state index in [1.165, 1.54) is 6.07 Å². The van der Waals surface area contributed by atoms with Gasteiger partial charge in [0.1, 0.15) is 0 Å². The van der Waals surface area contributed by atoms with Crippen molar-refractivity contribution in [3.05, 3.63) is 34.9 Å². The number of carbonyl (C=O) groups excluding carboxylic acids is 2. The van der Waals surface area contributed by atoms with Crippen molar-refractivity contribution >= 4 is 23.5 Å². The molecule has 21 heavy (non-hydrogen) atoms. The van der Waals surface area contributed by atoms with E-state index in [2.05, 4.69) is 0 Å². The molecule has 1 aromatic carbocycles. The molecule has 0 saturated carbocycles. The highest BCUT2D eigenvalue weighted by Crippen LogP contribution is 2.33. The minimum Gasteiger partial charge on any atom is -0.465 e. The molecule has 0 aromatic heterocycles. The monoisotopic (exact) mass is 314 g/mol. The van der Waals surface area contributed by atoms with Gasteiger partial charge >= 0.3 is 11.9 Å². The minimum atomic E-state index is -1.70. The standard InChI is InChI=1S/C15H19ClO5/c1-3-20-13(18)15(8-9-17,14(19)21-4-2)11-6-5-7-12(16)10-11/h5-7,10,17H,3-4,8-9H2,1-2H3. The molecule has 0 amide bonds. The van der Waals surface area contributed by atoms with Crippen LogP contribution in [0.5, 0.6) is 0 Å². The summed E-state index contributed by atoms with van der Waals surface area (Å²) in [6.07, 6.45) is -0.134. The molecule has 0 aliphatic heterocycles. The van der Waals surface area contributed by atoms with E-state index in [0.29, 0.717) is 10.6 Å². The summed E-state index contributed by atoms with van der Waals surface area (Å²) in [5, 5.41) is 9.70. The van der Waals surface area contributed by atoms with Gasteiger partial charge in [-0.05, 0) is 31.5 Å². The number of aliphatic hydroxyl groups excluding tert-OH is 1. The molecule has 0 atom stereocenters. The number of carbonyl (C=O) groups is 2. The number of ether oxygens (including phenoxy) is 2. The Hall–Kier alpha value is -1.59. The molecule has 0 aliphatic rings. The van der Waals surface area contributed by atoms with Crippen molar-refractivity contribution in [1.29, 1.82) is 0 Å². The Labute approximate surface area is 128 Å². The van der Waals surface area contributed by atoms with Crippen molar-refractivity contribution in [2.45, 2.75) is 25.7 Å². The van der Waals surface area contributed by atoms with Gasteiger partial charge in [0.25, 0.3) is 0 Å². The SMILES string of the molecule is CCOC(=O)C(CCO)(C(=O)OCC)c1cccc(Cl)c1. The Morgan fingerprint density at radius 3 is 2.19 bits per heavy atom. The second kappa shape index (κ2) is 8.00. The van der Waals surface area contributed by atoms with E-state index in [4.69, 9.17) is 21.1 Å². The Bertz CT molecular complexity index is 483. The van der Waals surface area contributed by atoms with Crippen molar-refractivity contribution in [3.8, 4) is 0 Å². The molecule has 1 N–H and O–H groups in total. The van der Waals surface area contributed by atoms with E-state index in [1.54, 1.807) is 32.0 Å². The second-order valence-corrected chi connectivity index (χ2v) is 4.77. The topological polar surface area (TPSA) is 72.8 Å². The highest BCUT2D eigenvalue weighted by atomic mass is 35.5. The van der Waals surface area contributed by atoms with E-state index in [-0.39, 0.29) is 26.2 Å². The number of hydrogen-bond acceptors (Lipinski definition) is 5. The summed E-state index contributed by atoms with van der Waals surface area (Å²) in [5.41, 5.74) is -1.35. The fourth-order valence-corrected chi connectivity index (χ4v) is 2.29. The van der Waals surface area contributed by atoms with Gasteiger partial charge in [0.2, 0.25) is 0 Å². The lowest BCUT2D eigenvalue weighted by molar-refractivity contribution is -0.165. The molecule has 0 aliphatic carbocycles. The Morgan fingerprint density at radius 2 is 1.76 bits per heavy atom. The maximum atomic E-state index is 12.4. The number of halogens is 1. The molecular weight excluding hydrogens is 296 g/mol. The van der Waals surface area contributed by atoms with Crippen LogP contribution in [0.2, 0.25) is 5.02 Å². The van der Waals surface area contributed by atoms with E-state index >= 15 is 0 Å². The molecule has 0 heterocycles. The number of hydrogen-bond donors (Lipinski definition) is 1. The molecule has 1 rings (SSSR count). The van der Waals surface area contributed by atoms with E-state index in [0.717, 1.165) is 0 Å². The Morgan fingerprint density at radius 1 is 1.19 bits per heavy atom. The average molecular weight is 315 g/mol. The minimum absolute atomic E-state index is 0.117. The first-order chi connectivity index (χ1) is 10.0. The summed E-state index contributed by atoms with van der Waals surface area (Å²) in [6.45, 7) is 3.15. The van der Waals surface area contributed by atoms with Crippen LogP contribution in [0.15, 0.2) is 24.3 Å². The largest absolute Gasteiger partial charge is 0.465 e. The first kappa shape index (κ1) is 17.5. The van der Waals surface area contributed by atoms with Gasteiger partial charge < -0.3 is 14.6 Å². The maximum Gasteiger partial charge on any atom is 0.328 e. The summed E-state index contributed by atoms with van der Waals surface area (Å²) >= 11 is 5.95. The predicted molar refractivity (Wildman–Crippen MR) is 78.1 cm³/mol. The first-order valence-corrected chi connectivity index (χ1v) is 7.12. The van der Waals surface area contributed by atoms with Crippen LogP contribution < -0.4 is 0 Å². The van der Waals surface area contributed by atoms with Gasteiger partial charge in [0.15, 0.2) is 5.41 Å². The lowest BCUT2D eigenvalue weighted by Gasteiger charge is -2.29. The van der Waals surface area contributed by atoms with Crippen molar-refractivity contribution in [1.82, 2.24) is 0 Å². The molecule has 1 aromatic rings. The fraction of sp³-hybridized carbons (Fsp3) is 0.467. The van der Waals surface area contributed by atoms with Gasteiger partial charge in [0, 0.05) is 18.1 Å². The quantitative estimate of drug-likeness (QED) is 0.616. The third-order valence-corrected chi connectivity index (χ3v) is 3.29. The zero-order valence-electron chi connectivity index (χ0n) is 12.1. The van der Waals surface area contributed by atoms with E-state index < -0.39 is 17.4 Å². The fourth-order valence-electron chi connectivity index (χ4n) is 2.10. The summed E-state index contributed by atoms with van der Waals surface area (Å²) in [5.74, 6) is -1.50. The molecule has 0 fully saturated rings. The van der Waals surface area contributed by atoms with Gasteiger partial charge in [-0.25, -0.2) is 0 Å². The molecule has 6 heteroatoms. The number of rotatable bonds is 7. The van der Waals surface area contributed by atoms with Crippen molar-refractivity contribution < 1.29 is 24.2 Å². The smallest absolute Gasteiger partial charge is 0.328 e. The lowest BCUT2D eigenvalue weighted by atomic mass is 9.77. The molecule has 0 radical (unpaired) electrons. The second-order valence-electron chi connectivity index (χ2n) is 4.33. The molecule has 116 valence electrons. The number of esters is 2. The van der Waals surface area contributed by atoms with Crippen molar-refractivity contribution in [2.24, 2.45) is 0 Å². The first-order valence-electron chi connectivity index (χ1n) is 6.74. The van der Waals surface area contributed by atoms with Gasteiger partial charge in [-0.3, -0.25) is 9.59 Å². The van der Waals surface area contributed by atoms with Crippen LogP contribution in [0.1, 0.15) is 25.8 Å². The van der Waals surface area contributed by atoms with E-state index in [9.17, 15) is 14.7 Å². The van der Waals surface area contributed by atoms with Crippen LogP contribution in [-0.4, -0.2) is 36.9 Å². The molecule has 5 nitrogen and oxygen atoms in total. The highest BCUT2D eigenvalue weighted by molar-refractivity contribution is 6.30. The van der Waals surface area contributed by atoms with Crippen LogP contribution in [0.4, 0.5) is 0 Å². The van der Waals surface area contributed by atoms with Crippen molar-refractivity contribution in [2.75, 3.05) is 19.8 Å². The summed E-state index contributed by atoms with van der Waals surface area (Å²) < 4.78 is 10.1. The molecule has 0 spiro atoms. The summed E-state index contributed by atoms with van der Waals surface area (Å²) in [4.78, 5) is 24.8. The van der Waals surface area contributed by atoms with Crippen LogP contribution in [0.25, 0.3) is 0 Å². The maximum absolute atomic E-state index is 12.4. The van der Waals surface area contributed by atoms with Gasteiger partial charge in [-0.2, -0.15) is 0 Å². The van der Waals surface area contributed by atoms with Crippen LogP contribution >= 0.6 is 11.6 Å². The zero-order valence-corrected chi connectivity index (χ0v) is 12.9. The van der Waals surface area contributed by atoms with Crippen LogP contribution in [-0.2, 0) is 24.5 Å². The van der Waals surface area contributed by atoms with Gasteiger partial charge in [-0.15, -0.1) is 0 Å². The highest BCUT2D eigenvalue weighted by Gasteiger charge is 2.50. The van der Waals surface area contributed by atoms with Gasteiger partial charge in [0.05, 0.1) is 13.2 Å². The molecular formula is C15H19ClO5. The van der Waals surface area contributed by atoms with Crippen LogP contribution in [0.3, 0.4) is 0 Å². The molecule has 0 unspecified atom stereocenters. The Balaban J connectivity index is 3.42. The van der Waals surface area contributed by atoms with Crippen LogP contribution in [0, 0.1) is 0 Å². The molecule has 0 saturated heterocycles. The lowest BCUT2D eigenvalue weighted by Crippen LogP contribution is -2.47. The van der Waals surface area contributed by atoms with Gasteiger partial charge in [-0.1, -0.05) is 23.7 Å². The molecule has 0 bridgehead atoms. The number of benzene rings is 1. The summed E-state index contributed by atoms with van der Waals surface area (Å²) in [7, 11) is 0. The predicted octanol–water partition coefficient (Wildman–Crippen LogP) is 2.09. The normalized spacial score (nSPS) is 11.0. The average Bonchev–Trinajstić information content (AvgIpc) is 2.45. The van der Waals surface area contributed by atoms with E-state index in [1.807, 2.05) is 0 Å². The summed E-state index contributed by atoms with van der Waals surface area (Å²) in [6, 6.07) is 6.35. The Kier molecular flexibility index (Phi) is 6.65.